The molecule has 0 saturated carbocycles. The fraction of sp³-hybridized carbons (Fsp3) is 0.353. The molecular formula is C17H21FN2O. The van der Waals surface area contributed by atoms with Gasteiger partial charge in [-0.2, -0.15) is 0 Å². The minimum atomic E-state index is -0.425. The molecule has 1 aromatic carbocycles. The lowest BCUT2D eigenvalue weighted by Crippen LogP contribution is -2.34. The number of hydrogen-bond acceptors (Lipinski definition) is 3. The summed E-state index contributed by atoms with van der Waals surface area (Å²) in [6.45, 7) is 6.14. The van der Waals surface area contributed by atoms with E-state index in [2.05, 4.69) is 36.3 Å². The highest BCUT2D eigenvalue weighted by Gasteiger charge is 2.19. The van der Waals surface area contributed by atoms with Gasteiger partial charge in [0.15, 0.2) is 5.82 Å². The maximum absolute atomic E-state index is 13.4. The first-order valence-electron chi connectivity index (χ1n) is 7.05. The third kappa shape index (κ3) is 5.16. The van der Waals surface area contributed by atoms with Crippen LogP contribution in [0.15, 0.2) is 48.7 Å². The molecule has 0 aliphatic carbocycles. The molecule has 0 atom stereocenters. The van der Waals surface area contributed by atoms with Gasteiger partial charge in [-0.15, -0.1) is 0 Å². The van der Waals surface area contributed by atoms with Gasteiger partial charge >= 0.3 is 0 Å². The summed E-state index contributed by atoms with van der Waals surface area (Å²) < 4.78 is 18.9. The van der Waals surface area contributed by atoms with Crippen molar-refractivity contribution in [2.45, 2.75) is 20.4 Å². The number of ether oxygens (including phenoxy) is 1. The predicted octanol–water partition coefficient (Wildman–Crippen LogP) is 3.42. The Bertz CT molecular complexity index is 558. The molecule has 0 radical (unpaired) electrons. The smallest absolute Gasteiger partial charge is 0.250 e. The Labute approximate surface area is 125 Å². The molecule has 0 saturated heterocycles. The van der Waals surface area contributed by atoms with Crippen LogP contribution < -0.4 is 10.1 Å². The summed E-state index contributed by atoms with van der Waals surface area (Å²) in [5.74, 6) is -0.362. The summed E-state index contributed by atoms with van der Waals surface area (Å²) in [6, 6.07) is 13.1. The fourth-order valence-corrected chi connectivity index (χ4v) is 1.93. The van der Waals surface area contributed by atoms with E-state index in [0.717, 1.165) is 13.1 Å². The van der Waals surface area contributed by atoms with Gasteiger partial charge < -0.3 is 10.1 Å². The number of halogens is 1. The van der Waals surface area contributed by atoms with Gasteiger partial charge in [-0.25, -0.2) is 9.37 Å². The lowest BCUT2D eigenvalue weighted by Gasteiger charge is -2.25. The quantitative estimate of drug-likeness (QED) is 0.847. The Morgan fingerprint density at radius 2 is 1.90 bits per heavy atom. The summed E-state index contributed by atoms with van der Waals surface area (Å²) in [5.41, 5.74) is 1.13. The Morgan fingerprint density at radius 1 is 1.14 bits per heavy atom. The van der Waals surface area contributed by atoms with Crippen LogP contribution in [-0.2, 0) is 6.54 Å². The predicted molar refractivity (Wildman–Crippen MR) is 81.6 cm³/mol. The van der Waals surface area contributed by atoms with E-state index in [9.17, 15) is 4.39 Å². The molecule has 0 spiro atoms. The van der Waals surface area contributed by atoms with Crippen LogP contribution in [0.3, 0.4) is 0 Å². The van der Waals surface area contributed by atoms with Gasteiger partial charge in [0.05, 0.1) is 6.61 Å². The number of benzene rings is 1. The first-order chi connectivity index (χ1) is 10.1. The largest absolute Gasteiger partial charge is 0.475 e. The van der Waals surface area contributed by atoms with Gasteiger partial charge in [0.2, 0.25) is 5.88 Å². The molecule has 1 aromatic heterocycles. The number of rotatable bonds is 7. The maximum Gasteiger partial charge on any atom is 0.250 e. The molecule has 4 heteroatoms. The summed E-state index contributed by atoms with van der Waals surface area (Å²) in [4.78, 5) is 3.89. The van der Waals surface area contributed by atoms with Crippen molar-refractivity contribution in [3.8, 4) is 5.88 Å². The third-order valence-corrected chi connectivity index (χ3v) is 3.10. The normalized spacial score (nSPS) is 11.4. The third-order valence-electron chi connectivity index (χ3n) is 3.10. The first kappa shape index (κ1) is 15.4. The highest BCUT2D eigenvalue weighted by molar-refractivity contribution is 5.14. The van der Waals surface area contributed by atoms with Crippen LogP contribution in [0.1, 0.15) is 19.4 Å². The summed E-state index contributed by atoms with van der Waals surface area (Å²) in [5, 5.41) is 3.40. The van der Waals surface area contributed by atoms with Gasteiger partial charge in [0.25, 0.3) is 0 Å². The van der Waals surface area contributed by atoms with Crippen LogP contribution in [0.4, 0.5) is 4.39 Å². The van der Waals surface area contributed by atoms with E-state index in [1.165, 1.54) is 17.8 Å². The lowest BCUT2D eigenvalue weighted by molar-refractivity contribution is 0.164. The van der Waals surface area contributed by atoms with Gasteiger partial charge in [0.1, 0.15) is 0 Å². The molecule has 0 aliphatic rings. The Balaban J connectivity index is 1.78. The molecule has 0 bridgehead atoms. The highest BCUT2D eigenvalue weighted by Crippen LogP contribution is 2.18. The zero-order chi connectivity index (χ0) is 15.1. The number of hydrogen-bond donors (Lipinski definition) is 1. The summed E-state index contributed by atoms with van der Waals surface area (Å²) >= 11 is 0. The molecule has 0 fully saturated rings. The molecule has 1 heterocycles. The van der Waals surface area contributed by atoms with Crippen LogP contribution in [0.2, 0.25) is 0 Å². The molecule has 2 aromatic rings. The van der Waals surface area contributed by atoms with Crippen LogP contribution >= 0.6 is 0 Å². The van der Waals surface area contributed by atoms with E-state index in [-0.39, 0.29) is 11.3 Å². The van der Waals surface area contributed by atoms with E-state index in [4.69, 9.17) is 4.74 Å². The lowest BCUT2D eigenvalue weighted by atomic mass is 9.95. The highest BCUT2D eigenvalue weighted by atomic mass is 19.1. The minimum absolute atomic E-state index is 0.0636. The standard InChI is InChI=1S/C17H21FN2O/c1-17(2,12-19-11-14-7-4-3-5-8-14)13-21-16-15(18)9-6-10-20-16/h3-10,19H,11-13H2,1-2H3. The Kier molecular flexibility index (Phi) is 5.28. The van der Waals surface area contributed by atoms with Gasteiger partial charge in [-0.1, -0.05) is 44.2 Å². The molecular weight excluding hydrogens is 267 g/mol. The summed E-state index contributed by atoms with van der Waals surface area (Å²) in [6.07, 6.45) is 1.53. The topological polar surface area (TPSA) is 34.1 Å². The van der Waals surface area contributed by atoms with Crippen molar-refractivity contribution in [2.24, 2.45) is 5.41 Å². The second-order valence-electron chi connectivity index (χ2n) is 5.83. The van der Waals surface area contributed by atoms with Crippen molar-refractivity contribution in [3.63, 3.8) is 0 Å². The van der Waals surface area contributed by atoms with Crippen molar-refractivity contribution in [1.82, 2.24) is 10.3 Å². The number of aromatic nitrogens is 1. The number of pyridine rings is 1. The zero-order valence-electron chi connectivity index (χ0n) is 12.5. The average molecular weight is 288 g/mol. The van der Waals surface area contributed by atoms with Crippen molar-refractivity contribution >= 4 is 0 Å². The summed E-state index contributed by atoms with van der Waals surface area (Å²) in [7, 11) is 0. The molecule has 21 heavy (non-hydrogen) atoms. The van der Waals surface area contributed by atoms with Crippen molar-refractivity contribution < 1.29 is 9.13 Å². The van der Waals surface area contributed by atoms with Crippen molar-refractivity contribution in [1.29, 1.82) is 0 Å². The van der Waals surface area contributed by atoms with Crippen molar-refractivity contribution in [3.05, 3.63) is 60.0 Å². The minimum Gasteiger partial charge on any atom is -0.475 e. The monoisotopic (exact) mass is 288 g/mol. The van der Waals surface area contributed by atoms with Crippen LogP contribution in [0.5, 0.6) is 5.88 Å². The second-order valence-corrected chi connectivity index (χ2v) is 5.83. The number of nitrogens with one attached hydrogen (secondary N) is 1. The molecule has 0 unspecified atom stereocenters. The van der Waals surface area contributed by atoms with E-state index >= 15 is 0 Å². The molecule has 3 nitrogen and oxygen atoms in total. The Morgan fingerprint density at radius 3 is 2.62 bits per heavy atom. The maximum atomic E-state index is 13.4. The fourth-order valence-electron chi connectivity index (χ4n) is 1.93. The SMILES string of the molecule is CC(C)(CNCc1ccccc1)COc1ncccc1F. The van der Waals surface area contributed by atoms with Gasteiger partial charge in [0, 0.05) is 24.7 Å². The van der Waals surface area contributed by atoms with Gasteiger partial charge in [-0.05, 0) is 17.7 Å². The van der Waals surface area contributed by atoms with Gasteiger partial charge in [-0.3, -0.25) is 0 Å². The van der Waals surface area contributed by atoms with E-state index < -0.39 is 5.82 Å². The molecule has 112 valence electrons. The molecule has 0 aliphatic heterocycles. The van der Waals surface area contributed by atoms with Crippen LogP contribution in [0.25, 0.3) is 0 Å². The molecule has 2 rings (SSSR count). The Hall–Kier alpha value is -1.94. The second kappa shape index (κ2) is 7.18. The van der Waals surface area contributed by atoms with Crippen molar-refractivity contribution in [2.75, 3.05) is 13.2 Å². The number of nitrogens with zero attached hydrogens (tertiary/aromatic N) is 1. The average Bonchev–Trinajstić information content (AvgIpc) is 2.47. The first-order valence-corrected chi connectivity index (χ1v) is 7.05. The molecule has 1 N–H and O–H groups in total. The van der Waals surface area contributed by atoms with E-state index in [1.807, 2.05) is 18.2 Å². The van der Waals surface area contributed by atoms with Crippen LogP contribution in [0, 0.1) is 11.2 Å². The van der Waals surface area contributed by atoms with Crippen LogP contribution in [-0.4, -0.2) is 18.1 Å². The van der Waals surface area contributed by atoms with E-state index in [0.29, 0.717) is 6.61 Å². The van der Waals surface area contributed by atoms with E-state index in [1.54, 1.807) is 6.07 Å². The molecule has 0 amide bonds. The zero-order valence-corrected chi connectivity index (χ0v) is 12.5.